The van der Waals surface area contributed by atoms with Crippen molar-refractivity contribution in [1.82, 2.24) is 4.90 Å². The van der Waals surface area contributed by atoms with Crippen molar-refractivity contribution in [2.45, 2.75) is 13.0 Å². The lowest BCUT2D eigenvalue weighted by Crippen LogP contribution is -2.41. The molecule has 0 aromatic heterocycles. The zero-order chi connectivity index (χ0) is 18.6. The largest absolute Gasteiger partial charge is 0.493 e. The molecule has 0 aliphatic carbocycles. The van der Waals surface area contributed by atoms with Gasteiger partial charge in [0, 0.05) is 0 Å². The molecular weight excluding hydrogens is 362 g/mol. The predicted molar refractivity (Wildman–Crippen MR) is 99.4 cm³/mol. The molecular formula is C17H15NO5S2. The molecule has 1 heterocycles. The zero-order valence-electron chi connectivity index (χ0n) is 13.5. The Morgan fingerprint density at radius 3 is 2.84 bits per heavy atom. The van der Waals surface area contributed by atoms with Crippen LogP contribution in [-0.2, 0) is 9.59 Å². The van der Waals surface area contributed by atoms with E-state index in [1.807, 2.05) is 0 Å². The van der Waals surface area contributed by atoms with Crippen molar-refractivity contribution in [1.29, 1.82) is 0 Å². The van der Waals surface area contributed by atoms with Gasteiger partial charge in [0.05, 0.1) is 12.0 Å². The predicted octanol–water partition coefficient (Wildman–Crippen LogP) is 2.38. The minimum atomic E-state index is -1.12. The highest BCUT2D eigenvalue weighted by atomic mass is 32.2. The number of ether oxygens (including phenoxy) is 2. The van der Waals surface area contributed by atoms with E-state index in [4.69, 9.17) is 33.2 Å². The second-order valence-electron chi connectivity index (χ2n) is 4.97. The minimum Gasteiger partial charge on any atom is -0.493 e. The zero-order valence-corrected chi connectivity index (χ0v) is 15.1. The number of methoxy groups -OCH3 is 1. The maximum atomic E-state index is 12.4. The van der Waals surface area contributed by atoms with Gasteiger partial charge in [-0.1, -0.05) is 36.0 Å². The fourth-order valence-corrected chi connectivity index (χ4v) is 3.51. The number of thiocarbonyl (C=S) groups is 1. The van der Waals surface area contributed by atoms with E-state index in [9.17, 15) is 9.59 Å². The standard InChI is InChI=1S/C17H15NO5S2/c1-4-7-23-12-6-5-11(8-13(12)22-3)9-14-15(19)18(17(24)25-14)10(2)16(20)21/h1,5-6,8-10H,7H2,2-3H3,(H,20,21)/b14-9+/t10-/m1/s1. The lowest BCUT2D eigenvalue weighted by molar-refractivity contribution is -0.144. The van der Waals surface area contributed by atoms with E-state index in [0.29, 0.717) is 22.0 Å². The number of carbonyl (C=O) groups is 2. The summed E-state index contributed by atoms with van der Waals surface area (Å²) in [5, 5.41) is 9.10. The molecule has 0 saturated carbocycles. The van der Waals surface area contributed by atoms with E-state index in [1.54, 1.807) is 24.3 Å². The number of hydrogen-bond donors (Lipinski definition) is 1. The topological polar surface area (TPSA) is 76.1 Å². The normalized spacial score (nSPS) is 16.7. The number of carboxylic acids is 1. The number of terminal acetylenes is 1. The Bertz CT molecular complexity index is 797. The van der Waals surface area contributed by atoms with Gasteiger partial charge in [-0.05, 0) is 30.7 Å². The van der Waals surface area contributed by atoms with Gasteiger partial charge < -0.3 is 14.6 Å². The van der Waals surface area contributed by atoms with Crippen molar-refractivity contribution in [2.75, 3.05) is 13.7 Å². The fraction of sp³-hybridized carbons (Fsp3) is 0.235. The second kappa shape index (κ2) is 8.05. The third-order valence-electron chi connectivity index (χ3n) is 3.36. The highest BCUT2D eigenvalue weighted by Gasteiger charge is 2.38. The molecule has 1 aliphatic heterocycles. The van der Waals surface area contributed by atoms with Crippen LogP contribution in [0.2, 0.25) is 0 Å². The van der Waals surface area contributed by atoms with E-state index in [1.165, 1.54) is 14.0 Å². The van der Waals surface area contributed by atoms with Crippen LogP contribution in [0.3, 0.4) is 0 Å². The summed E-state index contributed by atoms with van der Waals surface area (Å²) in [5.41, 5.74) is 0.688. The molecule has 1 fully saturated rings. The summed E-state index contributed by atoms with van der Waals surface area (Å²) < 4.78 is 10.8. The number of thioether (sulfide) groups is 1. The molecule has 1 aliphatic rings. The number of nitrogens with zero attached hydrogens (tertiary/aromatic N) is 1. The Labute approximate surface area is 154 Å². The number of carbonyl (C=O) groups excluding carboxylic acids is 1. The summed E-state index contributed by atoms with van der Waals surface area (Å²) in [7, 11) is 1.50. The van der Waals surface area contributed by atoms with Crippen molar-refractivity contribution >= 4 is 46.3 Å². The quantitative estimate of drug-likeness (QED) is 0.463. The van der Waals surface area contributed by atoms with Gasteiger partial charge in [0.25, 0.3) is 5.91 Å². The first-order valence-corrected chi connectivity index (χ1v) is 8.35. The first-order valence-electron chi connectivity index (χ1n) is 7.13. The monoisotopic (exact) mass is 377 g/mol. The van der Waals surface area contributed by atoms with Gasteiger partial charge in [-0.2, -0.15) is 0 Å². The number of aliphatic carboxylic acids is 1. The highest BCUT2D eigenvalue weighted by Crippen LogP contribution is 2.35. The molecule has 1 N–H and O–H groups in total. The van der Waals surface area contributed by atoms with E-state index in [0.717, 1.165) is 16.7 Å². The smallest absolute Gasteiger partial charge is 0.326 e. The highest BCUT2D eigenvalue weighted by molar-refractivity contribution is 8.26. The Balaban J connectivity index is 2.29. The van der Waals surface area contributed by atoms with Crippen LogP contribution in [0, 0.1) is 12.3 Å². The maximum Gasteiger partial charge on any atom is 0.326 e. The van der Waals surface area contributed by atoms with Crippen LogP contribution in [-0.4, -0.2) is 46.0 Å². The molecule has 1 aromatic carbocycles. The van der Waals surface area contributed by atoms with Crippen LogP contribution in [0.1, 0.15) is 12.5 Å². The molecule has 0 bridgehead atoms. The molecule has 1 saturated heterocycles. The van der Waals surface area contributed by atoms with Crippen molar-refractivity contribution in [3.8, 4) is 23.8 Å². The maximum absolute atomic E-state index is 12.4. The van der Waals surface area contributed by atoms with Crippen LogP contribution in [0.4, 0.5) is 0 Å². The SMILES string of the molecule is C#CCOc1ccc(/C=C2/SC(=S)N([C@H](C)C(=O)O)C2=O)cc1OC. The lowest BCUT2D eigenvalue weighted by atomic mass is 10.1. The van der Waals surface area contributed by atoms with Crippen LogP contribution in [0.5, 0.6) is 11.5 Å². The molecule has 8 heteroatoms. The average Bonchev–Trinajstić information content (AvgIpc) is 2.86. The third-order valence-corrected chi connectivity index (χ3v) is 4.70. The summed E-state index contributed by atoms with van der Waals surface area (Å²) in [4.78, 5) is 25.0. The van der Waals surface area contributed by atoms with Gasteiger partial charge in [0.2, 0.25) is 0 Å². The van der Waals surface area contributed by atoms with Gasteiger partial charge >= 0.3 is 5.97 Å². The number of benzene rings is 1. The Morgan fingerprint density at radius 1 is 1.52 bits per heavy atom. The Kier molecular flexibility index (Phi) is 6.07. The molecule has 6 nitrogen and oxygen atoms in total. The van der Waals surface area contributed by atoms with Gasteiger partial charge in [-0.25, -0.2) is 4.79 Å². The van der Waals surface area contributed by atoms with Crippen molar-refractivity contribution < 1.29 is 24.2 Å². The summed E-state index contributed by atoms with van der Waals surface area (Å²) in [6.07, 6.45) is 6.80. The van der Waals surface area contributed by atoms with Crippen molar-refractivity contribution in [3.63, 3.8) is 0 Å². The molecule has 0 spiro atoms. The van der Waals surface area contributed by atoms with E-state index >= 15 is 0 Å². The first kappa shape index (κ1) is 18.8. The summed E-state index contributed by atoms with van der Waals surface area (Å²) in [6.45, 7) is 1.53. The van der Waals surface area contributed by atoms with Gasteiger partial charge in [0.15, 0.2) is 11.5 Å². The molecule has 0 unspecified atom stereocenters. The van der Waals surface area contributed by atoms with Crippen LogP contribution >= 0.6 is 24.0 Å². The Morgan fingerprint density at radius 2 is 2.24 bits per heavy atom. The molecule has 1 aromatic rings. The first-order chi connectivity index (χ1) is 11.9. The molecule has 0 radical (unpaired) electrons. The minimum absolute atomic E-state index is 0.113. The van der Waals surface area contributed by atoms with Gasteiger partial charge in [-0.15, -0.1) is 6.42 Å². The molecule has 1 amide bonds. The van der Waals surface area contributed by atoms with Crippen LogP contribution in [0.15, 0.2) is 23.1 Å². The third kappa shape index (κ3) is 4.13. The van der Waals surface area contributed by atoms with Crippen molar-refractivity contribution in [2.24, 2.45) is 0 Å². The summed E-state index contributed by atoms with van der Waals surface area (Å²) in [6, 6.07) is 4.09. The fourth-order valence-electron chi connectivity index (χ4n) is 2.09. The Hall–Kier alpha value is -2.50. The van der Waals surface area contributed by atoms with E-state index in [-0.39, 0.29) is 10.9 Å². The van der Waals surface area contributed by atoms with Crippen molar-refractivity contribution in [3.05, 3.63) is 28.7 Å². The van der Waals surface area contributed by atoms with Crippen LogP contribution in [0.25, 0.3) is 6.08 Å². The molecule has 1 atom stereocenters. The van der Waals surface area contributed by atoms with Gasteiger partial charge in [0.1, 0.15) is 17.0 Å². The number of amides is 1. The average molecular weight is 377 g/mol. The van der Waals surface area contributed by atoms with Crippen LogP contribution < -0.4 is 9.47 Å². The van der Waals surface area contributed by atoms with Gasteiger partial charge in [-0.3, -0.25) is 9.69 Å². The molecule has 2 rings (SSSR count). The summed E-state index contributed by atoms with van der Waals surface area (Å²) in [5.74, 6) is 1.78. The molecule has 25 heavy (non-hydrogen) atoms. The number of hydrogen-bond acceptors (Lipinski definition) is 6. The molecule has 130 valence electrons. The lowest BCUT2D eigenvalue weighted by Gasteiger charge is -2.18. The number of carboxylic acid groups (broad SMARTS) is 1. The second-order valence-corrected chi connectivity index (χ2v) is 6.64. The number of rotatable bonds is 6. The summed E-state index contributed by atoms with van der Waals surface area (Å²) >= 11 is 6.18. The van der Waals surface area contributed by atoms with E-state index < -0.39 is 17.9 Å². The van der Waals surface area contributed by atoms with E-state index in [2.05, 4.69) is 5.92 Å².